The average molecular weight is 269 g/mol. The topological polar surface area (TPSA) is 42.4 Å². The van der Waals surface area contributed by atoms with E-state index >= 15 is 0 Å². The first-order valence-corrected chi connectivity index (χ1v) is 6.49. The number of rotatable bonds is 3. The first kappa shape index (κ1) is 13.3. The summed E-state index contributed by atoms with van der Waals surface area (Å²) >= 11 is 5.78. The average Bonchev–Trinajstić information content (AvgIpc) is 2.39. The number of pyridine rings is 1. The summed E-state index contributed by atoms with van der Waals surface area (Å²) in [6.45, 7) is 2.31. The predicted octanol–water partition coefficient (Wildman–Crippen LogP) is 2.23. The quantitative estimate of drug-likeness (QED) is 0.790. The lowest BCUT2D eigenvalue weighted by atomic mass is 10.0. The fraction of sp³-hybridized carbons (Fsp3) is 0.538. The van der Waals surface area contributed by atoms with Crippen LogP contribution in [-0.4, -0.2) is 42.6 Å². The van der Waals surface area contributed by atoms with E-state index in [1.54, 1.807) is 23.2 Å². The second-order valence-electron chi connectivity index (χ2n) is 4.64. The number of aromatic nitrogens is 1. The standard InChI is InChI=1S/C13H17ClN2O2/c1-16(8-10-3-2-6-18-9-10)13(17)11-4-5-15-12(14)7-11/h4-5,7,10H,2-3,6,8-9H2,1H3. The van der Waals surface area contributed by atoms with Crippen molar-refractivity contribution in [2.45, 2.75) is 12.8 Å². The van der Waals surface area contributed by atoms with Crippen LogP contribution in [0.4, 0.5) is 0 Å². The molecule has 1 aromatic rings. The molecule has 1 aliphatic rings. The largest absolute Gasteiger partial charge is 0.381 e. The lowest BCUT2D eigenvalue weighted by Gasteiger charge is -2.27. The van der Waals surface area contributed by atoms with Crippen LogP contribution in [0.15, 0.2) is 18.3 Å². The number of nitrogens with zero attached hydrogens (tertiary/aromatic N) is 2. The zero-order valence-electron chi connectivity index (χ0n) is 10.4. The van der Waals surface area contributed by atoms with E-state index in [9.17, 15) is 4.79 Å². The number of hydrogen-bond acceptors (Lipinski definition) is 3. The summed E-state index contributed by atoms with van der Waals surface area (Å²) in [5.41, 5.74) is 0.578. The fourth-order valence-electron chi connectivity index (χ4n) is 2.18. The summed E-state index contributed by atoms with van der Waals surface area (Å²) in [5, 5.41) is 0.343. The molecule has 1 unspecified atom stereocenters. The molecule has 0 saturated carbocycles. The Bertz CT molecular complexity index is 419. The molecular formula is C13H17ClN2O2. The summed E-state index contributed by atoms with van der Waals surface area (Å²) in [7, 11) is 1.81. The SMILES string of the molecule is CN(CC1CCCOC1)C(=O)c1ccnc(Cl)c1. The van der Waals surface area contributed by atoms with Crippen LogP contribution in [0.5, 0.6) is 0 Å². The Kier molecular flexibility index (Phi) is 4.55. The van der Waals surface area contributed by atoms with E-state index in [1.807, 2.05) is 7.05 Å². The van der Waals surface area contributed by atoms with Gasteiger partial charge in [0.15, 0.2) is 0 Å². The molecule has 0 aromatic carbocycles. The summed E-state index contributed by atoms with van der Waals surface area (Å²) < 4.78 is 5.42. The normalized spacial score (nSPS) is 19.6. The van der Waals surface area contributed by atoms with Gasteiger partial charge < -0.3 is 9.64 Å². The van der Waals surface area contributed by atoms with Crippen LogP contribution in [-0.2, 0) is 4.74 Å². The maximum atomic E-state index is 12.2. The number of ether oxygens (including phenoxy) is 1. The maximum Gasteiger partial charge on any atom is 0.253 e. The molecule has 0 bridgehead atoms. The van der Waals surface area contributed by atoms with Gasteiger partial charge in [-0.25, -0.2) is 4.98 Å². The molecule has 0 spiro atoms. The highest BCUT2D eigenvalue weighted by Crippen LogP contribution is 2.16. The minimum atomic E-state index is -0.0233. The van der Waals surface area contributed by atoms with Gasteiger partial charge in [-0.1, -0.05) is 11.6 Å². The molecule has 98 valence electrons. The van der Waals surface area contributed by atoms with Crippen molar-refractivity contribution in [3.05, 3.63) is 29.0 Å². The van der Waals surface area contributed by atoms with Gasteiger partial charge in [0.1, 0.15) is 5.15 Å². The van der Waals surface area contributed by atoms with E-state index in [-0.39, 0.29) is 5.91 Å². The third-order valence-electron chi connectivity index (χ3n) is 3.11. The minimum absolute atomic E-state index is 0.0233. The first-order chi connectivity index (χ1) is 8.66. The van der Waals surface area contributed by atoms with Gasteiger partial charge in [-0.05, 0) is 30.9 Å². The first-order valence-electron chi connectivity index (χ1n) is 6.11. The van der Waals surface area contributed by atoms with Crippen LogP contribution in [0.2, 0.25) is 5.15 Å². The van der Waals surface area contributed by atoms with Gasteiger partial charge in [0.2, 0.25) is 0 Å². The summed E-state index contributed by atoms with van der Waals surface area (Å²) in [4.78, 5) is 17.8. The smallest absolute Gasteiger partial charge is 0.253 e. The van der Waals surface area contributed by atoms with Crippen molar-refractivity contribution < 1.29 is 9.53 Å². The number of amides is 1. The molecule has 1 amide bonds. The Morgan fingerprint density at radius 1 is 1.67 bits per heavy atom. The van der Waals surface area contributed by atoms with Gasteiger partial charge in [0.25, 0.3) is 5.91 Å². The third kappa shape index (κ3) is 3.43. The Labute approximate surface area is 112 Å². The van der Waals surface area contributed by atoms with Crippen molar-refractivity contribution in [2.75, 3.05) is 26.8 Å². The zero-order valence-corrected chi connectivity index (χ0v) is 11.2. The molecule has 0 N–H and O–H groups in total. The lowest BCUT2D eigenvalue weighted by molar-refractivity contribution is 0.0388. The van der Waals surface area contributed by atoms with Gasteiger partial charge in [-0.2, -0.15) is 0 Å². The maximum absolute atomic E-state index is 12.2. The molecule has 1 fully saturated rings. The van der Waals surface area contributed by atoms with E-state index in [2.05, 4.69) is 4.98 Å². The zero-order chi connectivity index (χ0) is 13.0. The van der Waals surface area contributed by atoms with Crippen molar-refractivity contribution >= 4 is 17.5 Å². The van der Waals surface area contributed by atoms with Crippen LogP contribution in [0.25, 0.3) is 0 Å². The molecule has 0 aliphatic carbocycles. The monoisotopic (exact) mass is 268 g/mol. The lowest BCUT2D eigenvalue weighted by Crippen LogP contribution is -2.35. The van der Waals surface area contributed by atoms with Crippen LogP contribution in [0.1, 0.15) is 23.2 Å². The van der Waals surface area contributed by atoms with E-state index in [1.165, 1.54) is 0 Å². The second-order valence-corrected chi connectivity index (χ2v) is 5.02. The van der Waals surface area contributed by atoms with E-state index < -0.39 is 0 Å². The minimum Gasteiger partial charge on any atom is -0.381 e. The number of carbonyl (C=O) groups is 1. The van der Waals surface area contributed by atoms with Crippen LogP contribution >= 0.6 is 11.6 Å². The Balaban J connectivity index is 1.95. The Morgan fingerprint density at radius 3 is 3.17 bits per heavy atom. The highest BCUT2D eigenvalue weighted by atomic mass is 35.5. The molecule has 5 heteroatoms. The van der Waals surface area contributed by atoms with E-state index in [0.29, 0.717) is 16.6 Å². The molecule has 1 aromatic heterocycles. The molecular weight excluding hydrogens is 252 g/mol. The van der Waals surface area contributed by atoms with Crippen LogP contribution in [0, 0.1) is 5.92 Å². The summed E-state index contributed by atoms with van der Waals surface area (Å²) in [6.07, 6.45) is 3.75. The highest BCUT2D eigenvalue weighted by Gasteiger charge is 2.19. The van der Waals surface area contributed by atoms with Crippen molar-refractivity contribution in [1.29, 1.82) is 0 Å². The molecule has 2 rings (SSSR count). The van der Waals surface area contributed by atoms with Crippen molar-refractivity contribution in [1.82, 2.24) is 9.88 Å². The molecule has 0 radical (unpaired) electrons. The molecule has 1 saturated heterocycles. The fourth-order valence-corrected chi connectivity index (χ4v) is 2.35. The highest BCUT2D eigenvalue weighted by molar-refractivity contribution is 6.29. The molecule has 1 atom stereocenters. The third-order valence-corrected chi connectivity index (χ3v) is 3.31. The number of halogens is 1. The molecule has 1 aliphatic heterocycles. The van der Waals surface area contributed by atoms with Gasteiger partial charge in [-0.15, -0.1) is 0 Å². The Hall–Kier alpha value is -1.13. The van der Waals surface area contributed by atoms with E-state index in [4.69, 9.17) is 16.3 Å². The second kappa shape index (κ2) is 6.16. The van der Waals surface area contributed by atoms with Gasteiger partial charge in [0.05, 0.1) is 6.61 Å². The number of hydrogen-bond donors (Lipinski definition) is 0. The predicted molar refractivity (Wildman–Crippen MR) is 69.8 cm³/mol. The van der Waals surface area contributed by atoms with Crippen molar-refractivity contribution in [2.24, 2.45) is 5.92 Å². The van der Waals surface area contributed by atoms with Gasteiger partial charge in [0, 0.05) is 32.0 Å². The molecule has 4 nitrogen and oxygen atoms in total. The Morgan fingerprint density at radius 2 is 2.50 bits per heavy atom. The van der Waals surface area contributed by atoms with Crippen LogP contribution < -0.4 is 0 Å². The molecule has 2 heterocycles. The van der Waals surface area contributed by atoms with E-state index in [0.717, 1.165) is 32.6 Å². The van der Waals surface area contributed by atoms with Crippen molar-refractivity contribution in [3.8, 4) is 0 Å². The van der Waals surface area contributed by atoms with Gasteiger partial charge in [-0.3, -0.25) is 4.79 Å². The summed E-state index contributed by atoms with van der Waals surface area (Å²) in [6, 6.07) is 3.28. The van der Waals surface area contributed by atoms with Crippen molar-refractivity contribution in [3.63, 3.8) is 0 Å². The number of carbonyl (C=O) groups excluding carboxylic acids is 1. The van der Waals surface area contributed by atoms with Crippen LogP contribution in [0.3, 0.4) is 0 Å². The summed E-state index contributed by atoms with van der Waals surface area (Å²) in [5.74, 6) is 0.412. The van der Waals surface area contributed by atoms with Gasteiger partial charge >= 0.3 is 0 Å². The molecule has 18 heavy (non-hydrogen) atoms.